The third-order valence-corrected chi connectivity index (χ3v) is 5.96. The second kappa shape index (κ2) is 13.0. The molecule has 5 N–H and O–H groups in total. The van der Waals surface area contributed by atoms with E-state index in [4.69, 9.17) is 11.1 Å². The van der Waals surface area contributed by atoms with E-state index in [0.717, 1.165) is 28.3 Å². The molecule has 0 bridgehead atoms. The fourth-order valence-corrected chi connectivity index (χ4v) is 4.15. The van der Waals surface area contributed by atoms with E-state index in [9.17, 15) is 9.59 Å². The molecule has 0 unspecified atom stereocenters. The van der Waals surface area contributed by atoms with Crippen LogP contribution in [0.25, 0.3) is 6.08 Å². The van der Waals surface area contributed by atoms with Gasteiger partial charge in [-0.1, -0.05) is 30.0 Å². The monoisotopic (exact) mass is 473 g/mol. The van der Waals surface area contributed by atoms with Gasteiger partial charge in [-0.15, -0.1) is 0 Å². The number of nitrogens with one attached hydrogen (secondary N) is 3. The van der Waals surface area contributed by atoms with Crippen LogP contribution in [0, 0.1) is 5.41 Å². The standard InChI is InChI=1S/C26H27N5O2S/c27-23(13-10-19-7-3-4-15-30-19)21-12-11-20(17-24(21)28)34-25-9-2-1-8-22(25)26(33)31-16-6-5-14-29-18-32/h1-4,7-13,15,17-18,27H,5-6,14,16,28H2,(H,29,32)(H,31,33)/b13-10+,27-23?. The van der Waals surface area contributed by atoms with Gasteiger partial charge < -0.3 is 21.8 Å². The van der Waals surface area contributed by atoms with Crippen LogP contribution in [-0.4, -0.2) is 36.1 Å². The lowest BCUT2D eigenvalue weighted by molar-refractivity contribution is -0.109. The van der Waals surface area contributed by atoms with Crippen molar-refractivity contribution >= 4 is 41.6 Å². The zero-order chi connectivity index (χ0) is 24.2. The second-order valence-electron chi connectivity index (χ2n) is 7.38. The molecule has 1 heterocycles. The van der Waals surface area contributed by atoms with Crippen molar-refractivity contribution in [2.24, 2.45) is 0 Å². The fraction of sp³-hybridized carbons (Fsp3) is 0.154. The third-order valence-electron chi connectivity index (χ3n) is 4.90. The fourth-order valence-electron chi connectivity index (χ4n) is 3.16. The maximum atomic E-state index is 12.7. The molecule has 7 nitrogen and oxygen atoms in total. The Labute approximate surface area is 203 Å². The van der Waals surface area contributed by atoms with Crippen LogP contribution in [0.5, 0.6) is 0 Å². The third kappa shape index (κ3) is 7.31. The summed E-state index contributed by atoms with van der Waals surface area (Å²) in [6.45, 7) is 1.13. The van der Waals surface area contributed by atoms with E-state index in [1.54, 1.807) is 24.4 Å². The molecule has 0 fully saturated rings. The van der Waals surface area contributed by atoms with Crippen LogP contribution in [0.4, 0.5) is 5.69 Å². The highest BCUT2D eigenvalue weighted by molar-refractivity contribution is 7.99. The molecular formula is C26H27N5O2S. The molecule has 1 aromatic heterocycles. The van der Waals surface area contributed by atoms with E-state index in [1.807, 2.05) is 54.6 Å². The van der Waals surface area contributed by atoms with Gasteiger partial charge in [0.2, 0.25) is 6.41 Å². The zero-order valence-electron chi connectivity index (χ0n) is 18.7. The summed E-state index contributed by atoms with van der Waals surface area (Å²) in [5.41, 5.74) is 9.03. The van der Waals surface area contributed by atoms with Gasteiger partial charge in [-0.05, 0) is 67.5 Å². The molecule has 174 valence electrons. The van der Waals surface area contributed by atoms with Crippen molar-refractivity contribution in [2.75, 3.05) is 18.8 Å². The summed E-state index contributed by atoms with van der Waals surface area (Å²) in [5, 5.41) is 13.9. The molecule has 0 aliphatic carbocycles. The molecule has 0 aliphatic heterocycles. The van der Waals surface area contributed by atoms with Crippen molar-refractivity contribution in [3.05, 3.63) is 89.8 Å². The number of hydrogen-bond donors (Lipinski definition) is 4. The summed E-state index contributed by atoms with van der Waals surface area (Å²) < 4.78 is 0. The first-order valence-corrected chi connectivity index (χ1v) is 11.7. The number of allylic oxidation sites excluding steroid dienone is 1. The smallest absolute Gasteiger partial charge is 0.252 e. The first-order valence-electron chi connectivity index (χ1n) is 10.9. The molecule has 0 spiro atoms. The molecule has 8 heteroatoms. The first-order chi connectivity index (χ1) is 16.6. The Bertz CT molecular complexity index is 1160. The minimum atomic E-state index is -0.141. The number of anilines is 1. The Morgan fingerprint density at radius 2 is 1.82 bits per heavy atom. The van der Waals surface area contributed by atoms with Gasteiger partial charge in [0.1, 0.15) is 0 Å². The van der Waals surface area contributed by atoms with Crippen LogP contribution < -0.4 is 16.4 Å². The van der Waals surface area contributed by atoms with E-state index >= 15 is 0 Å². The van der Waals surface area contributed by atoms with E-state index in [-0.39, 0.29) is 5.91 Å². The number of carbonyl (C=O) groups excluding carboxylic acids is 2. The van der Waals surface area contributed by atoms with Crippen LogP contribution in [0.15, 0.2) is 82.7 Å². The summed E-state index contributed by atoms with van der Waals surface area (Å²) in [4.78, 5) is 28.9. The highest BCUT2D eigenvalue weighted by Crippen LogP contribution is 2.32. The Kier molecular flexibility index (Phi) is 9.42. The summed E-state index contributed by atoms with van der Waals surface area (Å²) in [7, 11) is 0. The molecule has 3 aromatic rings. The molecule has 34 heavy (non-hydrogen) atoms. The topological polar surface area (TPSA) is 121 Å². The SMILES string of the molecule is N=C(/C=C/c1ccccn1)c1ccc(Sc2ccccc2C(=O)NCCCCNC=O)cc1N. The maximum Gasteiger partial charge on any atom is 0.252 e. The predicted molar refractivity (Wildman–Crippen MR) is 137 cm³/mol. The summed E-state index contributed by atoms with van der Waals surface area (Å²) >= 11 is 1.45. The lowest BCUT2D eigenvalue weighted by Gasteiger charge is -2.11. The highest BCUT2D eigenvalue weighted by Gasteiger charge is 2.13. The Morgan fingerprint density at radius 3 is 2.59 bits per heavy atom. The average Bonchev–Trinajstić information content (AvgIpc) is 2.85. The molecule has 0 saturated heterocycles. The normalized spacial score (nSPS) is 10.7. The van der Waals surface area contributed by atoms with Gasteiger partial charge in [-0.25, -0.2) is 0 Å². The molecule has 2 aromatic carbocycles. The number of benzene rings is 2. The van der Waals surface area contributed by atoms with Gasteiger partial charge in [0.05, 0.1) is 17.0 Å². The van der Waals surface area contributed by atoms with Crippen LogP contribution in [0.1, 0.15) is 34.5 Å². The number of nitrogens with two attached hydrogens (primary N) is 1. The summed E-state index contributed by atoms with van der Waals surface area (Å²) in [5.74, 6) is -0.141. The van der Waals surface area contributed by atoms with Gasteiger partial charge in [-0.2, -0.15) is 0 Å². The molecule has 3 rings (SSSR count). The summed E-state index contributed by atoms with van der Waals surface area (Å²) in [6.07, 6.45) is 7.41. The van der Waals surface area contributed by atoms with Crippen LogP contribution >= 0.6 is 11.8 Å². The molecule has 0 atom stereocenters. The van der Waals surface area contributed by atoms with Crippen LogP contribution in [-0.2, 0) is 4.79 Å². The number of carbonyl (C=O) groups is 2. The van der Waals surface area contributed by atoms with E-state index < -0.39 is 0 Å². The summed E-state index contributed by atoms with van der Waals surface area (Å²) in [6, 6.07) is 18.5. The quantitative estimate of drug-likeness (QED) is 0.136. The molecule has 0 aliphatic rings. The Balaban J connectivity index is 1.64. The number of unbranched alkanes of at least 4 members (excludes halogenated alkanes) is 1. The maximum absolute atomic E-state index is 12.7. The van der Waals surface area contributed by atoms with Crippen molar-refractivity contribution in [1.29, 1.82) is 5.41 Å². The van der Waals surface area contributed by atoms with Gasteiger partial charge in [0.15, 0.2) is 0 Å². The number of nitrogens with zero attached hydrogens (tertiary/aromatic N) is 1. The zero-order valence-corrected chi connectivity index (χ0v) is 19.5. The van der Waals surface area contributed by atoms with Gasteiger partial charge >= 0.3 is 0 Å². The Morgan fingerprint density at radius 1 is 1.03 bits per heavy atom. The number of amides is 2. The molecule has 0 radical (unpaired) electrons. The van der Waals surface area contributed by atoms with E-state index in [0.29, 0.717) is 42.0 Å². The average molecular weight is 474 g/mol. The Hall–Kier alpha value is -3.91. The van der Waals surface area contributed by atoms with Crippen molar-refractivity contribution in [2.45, 2.75) is 22.6 Å². The van der Waals surface area contributed by atoms with Gasteiger partial charge in [0.25, 0.3) is 5.91 Å². The number of aromatic nitrogens is 1. The number of hydrogen-bond acceptors (Lipinski definition) is 6. The number of rotatable bonds is 12. The van der Waals surface area contributed by atoms with E-state index in [1.165, 1.54) is 11.8 Å². The lowest BCUT2D eigenvalue weighted by Crippen LogP contribution is -2.25. The molecule has 2 amide bonds. The minimum Gasteiger partial charge on any atom is -0.398 e. The molecular weight excluding hydrogens is 446 g/mol. The largest absolute Gasteiger partial charge is 0.398 e. The van der Waals surface area contributed by atoms with Gasteiger partial charge in [-0.3, -0.25) is 14.6 Å². The van der Waals surface area contributed by atoms with Gasteiger partial charge in [0, 0.05) is 40.3 Å². The molecule has 0 saturated carbocycles. The number of pyridine rings is 1. The second-order valence-corrected chi connectivity index (χ2v) is 8.50. The van der Waals surface area contributed by atoms with Crippen molar-refractivity contribution in [3.63, 3.8) is 0 Å². The lowest BCUT2D eigenvalue weighted by atomic mass is 10.1. The number of nitrogen functional groups attached to an aromatic ring is 1. The van der Waals surface area contributed by atoms with Crippen molar-refractivity contribution in [1.82, 2.24) is 15.6 Å². The first kappa shape index (κ1) is 24.7. The van der Waals surface area contributed by atoms with E-state index in [2.05, 4.69) is 15.6 Å². The highest BCUT2D eigenvalue weighted by atomic mass is 32.2. The van der Waals surface area contributed by atoms with Crippen LogP contribution in [0.3, 0.4) is 0 Å². The predicted octanol–water partition coefficient (Wildman–Crippen LogP) is 4.15. The van der Waals surface area contributed by atoms with Crippen LogP contribution in [0.2, 0.25) is 0 Å². The van der Waals surface area contributed by atoms with Crippen molar-refractivity contribution in [3.8, 4) is 0 Å². The van der Waals surface area contributed by atoms with Crippen molar-refractivity contribution < 1.29 is 9.59 Å². The minimum absolute atomic E-state index is 0.141.